The zero-order chi connectivity index (χ0) is 15.2. The van der Waals surface area contributed by atoms with Gasteiger partial charge in [-0.25, -0.2) is 4.98 Å². The molecule has 0 aliphatic heterocycles. The lowest BCUT2D eigenvalue weighted by atomic mass is 10.2. The van der Waals surface area contributed by atoms with E-state index in [0.29, 0.717) is 24.4 Å². The molecule has 0 bridgehead atoms. The first-order chi connectivity index (χ1) is 10.1. The maximum absolute atomic E-state index is 12.2. The molecular formula is C14H20N6O. The minimum absolute atomic E-state index is 0.144. The van der Waals surface area contributed by atoms with E-state index in [4.69, 9.17) is 0 Å². The standard InChI is InChI=1S/C14H20N6O/c1-4-15-12-7-10(2)17-8-11(12)14(21)16-6-5-13-18-9-20(3)19-13/h7-9H,4-6H2,1-3H3,(H,15,17)(H,16,21). The van der Waals surface area contributed by atoms with Gasteiger partial charge >= 0.3 is 0 Å². The number of aryl methyl sites for hydroxylation is 2. The Hall–Kier alpha value is -2.44. The Morgan fingerprint density at radius 1 is 1.38 bits per heavy atom. The highest BCUT2D eigenvalue weighted by Crippen LogP contribution is 2.15. The summed E-state index contributed by atoms with van der Waals surface area (Å²) in [6, 6.07) is 1.87. The van der Waals surface area contributed by atoms with Crippen molar-refractivity contribution in [2.75, 3.05) is 18.4 Å². The number of hydrogen-bond donors (Lipinski definition) is 2. The van der Waals surface area contributed by atoms with Gasteiger partial charge in [0.05, 0.1) is 11.3 Å². The van der Waals surface area contributed by atoms with Crippen molar-refractivity contribution in [3.05, 3.63) is 35.7 Å². The molecule has 0 saturated heterocycles. The maximum atomic E-state index is 12.2. The van der Waals surface area contributed by atoms with Gasteiger partial charge in [0, 0.05) is 38.4 Å². The average molecular weight is 288 g/mol. The van der Waals surface area contributed by atoms with Crippen LogP contribution in [0.15, 0.2) is 18.6 Å². The molecule has 0 atom stereocenters. The van der Waals surface area contributed by atoms with E-state index in [1.165, 1.54) is 0 Å². The van der Waals surface area contributed by atoms with Gasteiger partial charge < -0.3 is 10.6 Å². The molecule has 21 heavy (non-hydrogen) atoms. The second-order valence-electron chi connectivity index (χ2n) is 4.74. The second-order valence-corrected chi connectivity index (χ2v) is 4.74. The molecule has 7 heteroatoms. The van der Waals surface area contributed by atoms with Crippen LogP contribution in [0.1, 0.15) is 28.8 Å². The van der Waals surface area contributed by atoms with Crippen LogP contribution in [0.4, 0.5) is 5.69 Å². The van der Waals surface area contributed by atoms with Gasteiger partial charge in [-0.1, -0.05) is 0 Å². The van der Waals surface area contributed by atoms with E-state index in [1.54, 1.807) is 17.2 Å². The van der Waals surface area contributed by atoms with E-state index < -0.39 is 0 Å². The highest BCUT2D eigenvalue weighted by Gasteiger charge is 2.12. The molecule has 0 aromatic carbocycles. The number of nitrogens with one attached hydrogen (secondary N) is 2. The number of anilines is 1. The Bertz CT molecular complexity index is 622. The third-order valence-electron chi connectivity index (χ3n) is 2.93. The van der Waals surface area contributed by atoms with Crippen LogP contribution in [0.5, 0.6) is 0 Å². The van der Waals surface area contributed by atoms with Crippen LogP contribution in [-0.2, 0) is 13.5 Å². The molecule has 1 amide bonds. The van der Waals surface area contributed by atoms with Crippen molar-refractivity contribution in [3.63, 3.8) is 0 Å². The lowest BCUT2D eigenvalue weighted by molar-refractivity contribution is 0.0954. The molecule has 2 aromatic heterocycles. The molecule has 0 aliphatic carbocycles. The van der Waals surface area contributed by atoms with E-state index in [1.807, 2.05) is 27.0 Å². The van der Waals surface area contributed by atoms with Crippen LogP contribution in [0, 0.1) is 6.92 Å². The summed E-state index contributed by atoms with van der Waals surface area (Å²) >= 11 is 0. The lowest BCUT2D eigenvalue weighted by Gasteiger charge is -2.11. The third-order valence-corrected chi connectivity index (χ3v) is 2.93. The normalized spacial score (nSPS) is 10.4. The summed E-state index contributed by atoms with van der Waals surface area (Å²) < 4.78 is 1.64. The van der Waals surface area contributed by atoms with E-state index in [2.05, 4.69) is 25.7 Å². The number of carbonyl (C=O) groups is 1. The van der Waals surface area contributed by atoms with Crippen LogP contribution in [0.2, 0.25) is 0 Å². The predicted octanol–water partition coefficient (Wildman–Crippen LogP) is 0.923. The molecule has 0 aliphatic rings. The maximum Gasteiger partial charge on any atom is 0.254 e. The molecular weight excluding hydrogens is 268 g/mol. The summed E-state index contributed by atoms with van der Waals surface area (Å²) in [6.07, 6.45) is 3.84. The molecule has 2 heterocycles. The van der Waals surface area contributed by atoms with Gasteiger partial charge in [0.15, 0.2) is 5.82 Å². The Balaban J connectivity index is 1.96. The molecule has 2 aromatic rings. The van der Waals surface area contributed by atoms with Gasteiger partial charge in [0.25, 0.3) is 5.91 Å². The minimum Gasteiger partial charge on any atom is -0.385 e. The minimum atomic E-state index is -0.144. The second kappa shape index (κ2) is 6.83. The van der Waals surface area contributed by atoms with Gasteiger partial charge in [-0.2, -0.15) is 5.10 Å². The van der Waals surface area contributed by atoms with Crippen molar-refractivity contribution in [3.8, 4) is 0 Å². The summed E-state index contributed by atoms with van der Waals surface area (Å²) in [5.74, 6) is 0.570. The molecule has 7 nitrogen and oxygen atoms in total. The van der Waals surface area contributed by atoms with Gasteiger partial charge in [0.2, 0.25) is 0 Å². The highest BCUT2D eigenvalue weighted by molar-refractivity contribution is 5.99. The number of nitrogens with zero attached hydrogens (tertiary/aromatic N) is 4. The Labute approximate surface area is 123 Å². The predicted molar refractivity (Wildman–Crippen MR) is 80.2 cm³/mol. The quantitative estimate of drug-likeness (QED) is 0.826. The van der Waals surface area contributed by atoms with Crippen LogP contribution >= 0.6 is 0 Å². The molecule has 0 saturated carbocycles. The molecule has 0 radical (unpaired) electrons. The number of pyridine rings is 1. The number of amides is 1. The van der Waals surface area contributed by atoms with Crippen LogP contribution < -0.4 is 10.6 Å². The first-order valence-electron chi connectivity index (χ1n) is 6.93. The van der Waals surface area contributed by atoms with Crippen molar-refractivity contribution in [1.82, 2.24) is 25.1 Å². The fourth-order valence-electron chi connectivity index (χ4n) is 1.96. The number of carbonyl (C=O) groups excluding carboxylic acids is 1. The van der Waals surface area contributed by atoms with Crippen molar-refractivity contribution in [1.29, 1.82) is 0 Å². The first kappa shape index (κ1) is 15.0. The Kier molecular flexibility index (Phi) is 4.86. The molecule has 0 fully saturated rings. The van der Waals surface area contributed by atoms with E-state index in [-0.39, 0.29) is 5.91 Å². The van der Waals surface area contributed by atoms with Crippen molar-refractivity contribution in [2.24, 2.45) is 7.05 Å². The fourth-order valence-corrected chi connectivity index (χ4v) is 1.96. The summed E-state index contributed by atoms with van der Waals surface area (Å²) in [7, 11) is 1.82. The van der Waals surface area contributed by atoms with Gasteiger partial charge in [0.1, 0.15) is 6.33 Å². The molecule has 2 rings (SSSR count). The Morgan fingerprint density at radius 3 is 2.86 bits per heavy atom. The van der Waals surface area contributed by atoms with Crippen LogP contribution in [0.3, 0.4) is 0 Å². The van der Waals surface area contributed by atoms with Gasteiger partial charge in [-0.3, -0.25) is 14.5 Å². The molecule has 0 spiro atoms. The molecule has 112 valence electrons. The highest BCUT2D eigenvalue weighted by atomic mass is 16.1. The monoisotopic (exact) mass is 288 g/mol. The van der Waals surface area contributed by atoms with Crippen LogP contribution in [0.25, 0.3) is 0 Å². The smallest absolute Gasteiger partial charge is 0.254 e. The fraction of sp³-hybridized carbons (Fsp3) is 0.429. The number of aromatic nitrogens is 4. The third kappa shape index (κ3) is 4.01. The molecule has 2 N–H and O–H groups in total. The van der Waals surface area contributed by atoms with Gasteiger partial charge in [-0.15, -0.1) is 0 Å². The van der Waals surface area contributed by atoms with Crippen molar-refractivity contribution in [2.45, 2.75) is 20.3 Å². The summed E-state index contributed by atoms with van der Waals surface area (Å²) in [5, 5.41) is 10.2. The molecule has 0 unspecified atom stereocenters. The van der Waals surface area contributed by atoms with Crippen molar-refractivity contribution < 1.29 is 4.79 Å². The summed E-state index contributed by atoms with van der Waals surface area (Å²) in [5.41, 5.74) is 2.23. The number of hydrogen-bond acceptors (Lipinski definition) is 5. The lowest BCUT2D eigenvalue weighted by Crippen LogP contribution is -2.27. The largest absolute Gasteiger partial charge is 0.385 e. The van der Waals surface area contributed by atoms with Crippen LogP contribution in [-0.4, -0.2) is 38.7 Å². The zero-order valence-electron chi connectivity index (χ0n) is 12.6. The average Bonchev–Trinajstić information content (AvgIpc) is 2.85. The van der Waals surface area contributed by atoms with E-state index >= 15 is 0 Å². The number of rotatable bonds is 6. The first-order valence-corrected chi connectivity index (χ1v) is 6.93. The summed E-state index contributed by atoms with van der Waals surface area (Å²) in [6.45, 7) is 5.13. The van der Waals surface area contributed by atoms with Crippen molar-refractivity contribution >= 4 is 11.6 Å². The van der Waals surface area contributed by atoms with E-state index in [0.717, 1.165) is 17.9 Å². The zero-order valence-corrected chi connectivity index (χ0v) is 12.6. The summed E-state index contributed by atoms with van der Waals surface area (Å²) in [4.78, 5) is 20.5. The van der Waals surface area contributed by atoms with E-state index in [9.17, 15) is 4.79 Å². The topological polar surface area (TPSA) is 84.7 Å². The SMILES string of the molecule is CCNc1cc(C)ncc1C(=O)NCCc1ncn(C)n1. The van der Waals surface area contributed by atoms with Gasteiger partial charge in [-0.05, 0) is 19.9 Å². The Morgan fingerprint density at radius 2 is 2.19 bits per heavy atom.